The van der Waals surface area contributed by atoms with Crippen LogP contribution in [0.5, 0.6) is 5.75 Å². The quantitative estimate of drug-likeness (QED) is 0.448. The molecule has 3 N–H and O–H groups in total. The van der Waals surface area contributed by atoms with Crippen molar-refractivity contribution in [1.82, 2.24) is 16.2 Å². The minimum atomic E-state index is -0.402. The number of amides is 2. The molecule has 0 aliphatic heterocycles. The van der Waals surface area contributed by atoms with E-state index < -0.39 is 5.91 Å². The number of thiocarbonyl (C=S) groups is 1. The van der Waals surface area contributed by atoms with Gasteiger partial charge in [0.2, 0.25) is 0 Å². The number of carbonyl (C=O) groups excluding carboxylic acids is 2. The summed E-state index contributed by atoms with van der Waals surface area (Å²) < 4.78 is 6.39. The second kappa shape index (κ2) is 10.8. The number of carbonyl (C=O) groups is 2. The Morgan fingerprint density at radius 3 is 2.39 bits per heavy atom. The van der Waals surface area contributed by atoms with E-state index in [1.807, 2.05) is 6.07 Å². The van der Waals surface area contributed by atoms with Crippen molar-refractivity contribution in [3.05, 3.63) is 64.1 Å². The highest BCUT2D eigenvalue weighted by atomic mass is 79.9. The van der Waals surface area contributed by atoms with E-state index in [-0.39, 0.29) is 11.0 Å². The molecule has 0 saturated carbocycles. The Morgan fingerprint density at radius 1 is 1.04 bits per heavy atom. The number of halogens is 1. The van der Waals surface area contributed by atoms with Gasteiger partial charge >= 0.3 is 0 Å². The van der Waals surface area contributed by atoms with Crippen LogP contribution < -0.4 is 20.9 Å². The van der Waals surface area contributed by atoms with Crippen molar-refractivity contribution in [2.45, 2.75) is 20.3 Å². The Labute approximate surface area is 178 Å². The molecule has 8 heteroatoms. The van der Waals surface area contributed by atoms with Gasteiger partial charge in [-0.2, -0.15) is 0 Å². The molecule has 0 fully saturated rings. The molecule has 0 aliphatic rings. The average Bonchev–Trinajstić information content (AvgIpc) is 2.67. The Kier molecular flexibility index (Phi) is 8.41. The van der Waals surface area contributed by atoms with Crippen LogP contribution in [0.15, 0.2) is 53.0 Å². The zero-order chi connectivity index (χ0) is 20.5. The van der Waals surface area contributed by atoms with Crippen LogP contribution in [0.1, 0.15) is 41.0 Å². The summed E-state index contributed by atoms with van der Waals surface area (Å²) in [6, 6.07) is 13.7. The van der Waals surface area contributed by atoms with Crippen LogP contribution in [-0.4, -0.2) is 23.5 Å². The van der Waals surface area contributed by atoms with E-state index in [0.717, 1.165) is 6.42 Å². The molecule has 0 radical (unpaired) electrons. The summed E-state index contributed by atoms with van der Waals surface area (Å²) in [6.07, 6.45) is 0.948. The molecule has 2 aromatic carbocycles. The van der Waals surface area contributed by atoms with Crippen LogP contribution in [0.25, 0.3) is 0 Å². The first kappa shape index (κ1) is 21.8. The maximum Gasteiger partial charge on any atom is 0.269 e. The molecule has 0 heterocycles. The second-order valence-corrected chi connectivity index (χ2v) is 7.67. The standard InChI is InChI=1S/C20H22BrN3O3S/c1-13(2)10-11-27-17-9-8-15(12-16(17)21)18(25)22-20(28)24-23-19(26)14-6-4-3-5-7-14/h3-9,12-13H,10-11H2,1-2H3,(H,23,26)(H2,22,24,25,28). The van der Waals surface area contributed by atoms with Crippen molar-refractivity contribution in [3.63, 3.8) is 0 Å². The van der Waals surface area contributed by atoms with Gasteiger partial charge in [0.25, 0.3) is 11.8 Å². The summed E-state index contributed by atoms with van der Waals surface area (Å²) in [5.41, 5.74) is 5.82. The first-order valence-electron chi connectivity index (χ1n) is 8.76. The van der Waals surface area contributed by atoms with Crippen molar-refractivity contribution in [2.24, 2.45) is 5.92 Å². The van der Waals surface area contributed by atoms with Gasteiger partial charge in [0.15, 0.2) is 5.11 Å². The number of hydrogen-bond acceptors (Lipinski definition) is 4. The van der Waals surface area contributed by atoms with Crippen LogP contribution in [0.4, 0.5) is 0 Å². The molecule has 0 aromatic heterocycles. The molecule has 6 nitrogen and oxygen atoms in total. The number of ether oxygens (including phenoxy) is 1. The van der Waals surface area contributed by atoms with Gasteiger partial charge in [-0.1, -0.05) is 32.0 Å². The van der Waals surface area contributed by atoms with Crippen molar-refractivity contribution in [2.75, 3.05) is 6.61 Å². The van der Waals surface area contributed by atoms with Gasteiger partial charge in [0.1, 0.15) is 5.75 Å². The molecule has 0 unspecified atom stereocenters. The molecule has 0 aliphatic carbocycles. The van der Waals surface area contributed by atoms with E-state index in [2.05, 4.69) is 45.9 Å². The highest BCUT2D eigenvalue weighted by Crippen LogP contribution is 2.26. The number of hydrogen-bond donors (Lipinski definition) is 3. The Morgan fingerprint density at radius 2 is 1.75 bits per heavy atom. The molecule has 2 amide bonds. The third-order valence-electron chi connectivity index (χ3n) is 3.70. The predicted octanol–water partition coefficient (Wildman–Crippen LogP) is 3.82. The van der Waals surface area contributed by atoms with Crippen LogP contribution in [0, 0.1) is 5.92 Å². The van der Waals surface area contributed by atoms with E-state index in [9.17, 15) is 9.59 Å². The van der Waals surface area contributed by atoms with E-state index in [1.54, 1.807) is 42.5 Å². The van der Waals surface area contributed by atoms with Crippen molar-refractivity contribution in [3.8, 4) is 5.75 Å². The molecule has 0 bridgehead atoms. The Bertz CT molecular complexity index is 844. The van der Waals surface area contributed by atoms with Crippen molar-refractivity contribution in [1.29, 1.82) is 0 Å². The number of nitrogens with one attached hydrogen (secondary N) is 3. The summed E-state index contributed by atoms with van der Waals surface area (Å²) in [6.45, 7) is 4.87. The minimum absolute atomic E-state index is 0.0114. The average molecular weight is 464 g/mol. The first-order valence-corrected chi connectivity index (χ1v) is 9.96. The topological polar surface area (TPSA) is 79.5 Å². The van der Waals surface area contributed by atoms with E-state index in [4.69, 9.17) is 17.0 Å². The largest absolute Gasteiger partial charge is 0.492 e. The second-order valence-electron chi connectivity index (χ2n) is 6.40. The monoisotopic (exact) mass is 463 g/mol. The fourth-order valence-corrected chi connectivity index (χ4v) is 2.78. The molecule has 0 saturated heterocycles. The Balaban J connectivity index is 1.85. The third-order valence-corrected chi connectivity index (χ3v) is 4.52. The fourth-order valence-electron chi connectivity index (χ4n) is 2.15. The summed E-state index contributed by atoms with van der Waals surface area (Å²) in [4.78, 5) is 24.3. The highest BCUT2D eigenvalue weighted by molar-refractivity contribution is 9.10. The smallest absolute Gasteiger partial charge is 0.269 e. The molecular weight excluding hydrogens is 442 g/mol. The summed E-state index contributed by atoms with van der Waals surface area (Å²) in [5.74, 6) is 0.469. The van der Waals surface area contributed by atoms with Crippen LogP contribution in [0.3, 0.4) is 0 Å². The zero-order valence-corrected chi connectivity index (χ0v) is 18.0. The van der Waals surface area contributed by atoms with E-state index in [1.165, 1.54) is 0 Å². The van der Waals surface area contributed by atoms with Gasteiger partial charge in [-0.3, -0.25) is 25.8 Å². The zero-order valence-electron chi connectivity index (χ0n) is 15.6. The summed E-state index contributed by atoms with van der Waals surface area (Å²) in [5, 5.41) is 2.50. The number of rotatable bonds is 6. The number of benzene rings is 2. The third kappa shape index (κ3) is 6.94. The van der Waals surface area contributed by atoms with Crippen LogP contribution >= 0.6 is 28.1 Å². The van der Waals surface area contributed by atoms with Crippen LogP contribution in [-0.2, 0) is 0 Å². The van der Waals surface area contributed by atoms with Gasteiger partial charge in [-0.05, 0) is 70.8 Å². The highest BCUT2D eigenvalue weighted by Gasteiger charge is 2.12. The SMILES string of the molecule is CC(C)CCOc1ccc(C(=O)NC(=S)NNC(=O)c2ccccc2)cc1Br. The lowest BCUT2D eigenvalue weighted by molar-refractivity contribution is 0.0934. The van der Waals surface area contributed by atoms with Crippen molar-refractivity contribution >= 4 is 45.1 Å². The first-order chi connectivity index (χ1) is 13.4. The van der Waals surface area contributed by atoms with Gasteiger partial charge in [-0.15, -0.1) is 0 Å². The molecule has 148 valence electrons. The maximum absolute atomic E-state index is 12.3. The molecule has 0 atom stereocenters. The minimum Gasteiger partial charge on any atom is -0.492 e. The molecular formula is C20H22BrN3O3S. The van der Waals surface area contributed by atoms with Gasteiger partial charge in [0.05, 0.1) is 11.1 Å². The molecule has 0 spiro atoms. The molecule has 2 rings (SSSR count). The van der Waals surface area contributed by atoms with Gasteiger partial charge in [-0.25, -0.2) is 0 Å². The molecule has 28 heavy (non-hydrogen) atoms. The van der Waals surface area contributed by atoms with E-state index in [0.29, 0.717) is 33.9 Å². The number of hydrazine groups is 1. The lowest BCUT2D eigenvalue weighted by Crippen LogP contribution is -2.48. The van der Waals surface area contributed by atoms with Gasteiger partial charge < -0.3 is 4.74 Å². The Hall–Kier alpha value is -2.45. The van der Waals surface area contributed by atoms with E-state index >= 15 is 0 Å². The fraction of sp³-hybridized carbons (Fsp3) is 0.250. The maximum atomic E-state index is 12.3. The van der Waals surface area contributed by atoms with Gasteiger partial charge in [0, 0.05) is 11.1 Å². The summed E-state index contributed by atoms with van der Waals surface area (Å²) in [7, 11) is 0. The van der Waals surface area contributed by atoms with Crippen LogP contribution in [0.2, 0.25) is 0 Å². The lowest BCUT2D eigenvalue weighted by atomic mass is 10.1. The summed E-state index contributed by atoms with van der Waals surface area (Å²) >= 11 is 8.46. The lowest BCUT2D eigenvalue weighted by Gasteiger charge is -2.12. The normalized spacial score (nSPS) is 10.3. The molecule has 2 aromatic rings. The predicted molar refractivity (Wildman–Crippen MR) is 116 cm³/mol. The van der Waals surface area contributed by atoms with Crippen molar-refractivity contribution < 1.29 is 14.3 Å².